The van der Waals surface area contributed by atoms with E-state index < -0.39 is 10.8 Å². The van der Waals surface area contributed by atoms with Gasteiger partial charge in [0.2, 0.25) is 0 Å². The van der Waals surface area contributed by atoms with Gasteiger partial charge in [-0.05, 0) is 47.4 Å². The molecule has 0 saturated carbocycles. The van der Waals surface area contributed by atoms with E-state index in [-0.39, 0.29) is 0 Å². The highest BCUT2D eigenvalue weighted by molar-refractivity contribution is 9.10. The Balaban J connectivity index is 1.97. The van der Waals surface area contributed by atoms with E-state index in [2.05, 4.69) is 26.2 Å². The summed E-state index contributed by atoms with van der Waals surface area (Å²) < 4.78 is 12.8. The van der Waals surface area contributed by atoms with Crippen molar-refractivity contribution in [2.75, 3.05) is 12.3 Å². The molecule has 0 aromatic carbocycles. The van der Waals surface area contributed by atoms with Crippen LogP contribution in [-0.2, 0) is 10.8 Å². The Labute approximate surface area is 107 Å². The lowest BCUT2D eigenvalue weighted by Gasteiger charge is -2.22. The number of nitrogens with one attached hydrogen (secondary N) is 1. The van der Waals surface area contributed by atoms with Gasteiger partial charge in [0.1, 0.15) is 9.63 Å². The van der Waals surface area contributed by atoms with Crippen molar-refractivity contribution in [3.8, 4) is 0 Å². The molecule has 5 heteroatoms. The Bertz CT molecular complexity index is 380. The summed E-state index contributed by atoms with van der Waals surface area (Å²) >= 11 is 3.29. The van der Waals surface area contributed by atoms with Crippen LogP contribution in [0.3, 0.4) is 0 Å². The van der Waals surface area contributed by atoms with Crippen LogP contribution in [0.4, 0.5) is 0 Å². The second-order valence-electron chi connectivity index (χ2n) is 3.96. The van der Waals surface area contributed by atoms with Gasteiger partial charge in [-0.15, -0.1) is 0 Å². The Morgan fingerprint density at radius 2 is 2.38 bits per heavy atom. The first-order valence-electron chi connectivity index (χ1n) is 5.50. The number of pyridine rings is 1. The van der Waals surface area contributed by atoms with Crippen LogP contribution in [0.25, 0.3) is 0 Å². The molecule has 16 heavy (non-hydrogen) atoms. The van der Waals surface area contributed by atoms with Crippen LogP contribution < -0.4 is 5.32 Å². The number of hydrogen-bond acceptors (Lipinski definition) is 3. The predicted molar refractivity (Wildman–Crippen MR) is 68.9 cm³/mol. The molecule has 3 nitrogen and oxygen atoms in total. The van der Waals surface area contributed by atoms with E-state index in [4.69, 9.17) is 0 Å². The fraction of sp³-hybridized carbons (Fsp3) is 0.545. The molecule has 0 spiro atoms. The zero-order valence-corrected chi connectivity index (χ0v) is 11.4. The van der Waals surface area contributed by atoms with Gasteiger partial charge in [0, 0.05) is 11.8 Å². The fourth-order valence-electron chi connectivity index (χ4n) is 1.85. The molecule has 1 aliphatic rings. The summed E-state index contributed by atoms with van der Waals surface area (Å²) in [6, 6.07) is 5.93. The van der Waals surface area contributed by atoms with Crippen LogP contribution in [0, 0.1) is 0 Å². The molecule has 2 rings (SSSR count). The first-order valence-corrected chi connectivity index (χ1v) is 7.61. The minimum Gasteiger partial charge on any atom is -0.313 e. The van der Waals surface area contributed by atoms with Crippen LogP contribution >= 0.6 is 15.9 Å². The number of halogens is 1. The zero-order valence-electron chi connectivity index (χ0n) is 8.99. The van der Waals surface area contributed by atoms with Crippen molar-refractivity contribution in [1.29, 1.82) is 0 Å². The lowest BCUT2D eigenvalue weighted by Crippen LogP contribution is -2.38. The molecule has 0 aliphatic carbocycles. The van der Waals surface area contributed by atoms with Gasteiger partial charge in [-0.2, -0.15) is 0 Å². The maximum absolute atomic E-state index is 12.1. The number of rotatable bonds is 3. The third kappa shape index (κ3) is 3.37. The van der Waals surface area contributed by atoms with Crippen LogP contribution in [0.2, 0.25) is 0 Å². The van der Waals surface area contributed by atoms with E-state index in [1.807, 2.05) is 18.2 Å². The van der Waals surface area contributed by atoms with E-state index in [9.17, 15) is 4.21 Å². The molecule has 1 fully saturated rings. The maximum Gasteiger partial charge on any atom is 0.128 e. The van der Waals surface area contributed by atoms with Crippen molar-refractivity contribution in [3.63, 3.8) is 0 Å². The van der Waals surface area contributed by atoms with E-state index in [0.717, 1.165) is 17.6 Å². The summed E-state index contributed by atoms with van der Waals surface area (Å²) in [5.74, 6) is 0.670. The summed E-state index contributed by atoms with van der Waals surface area (Å²) in [7, 11) is -0.995. The lowest BCUT2D eigenvalue weighted by molar-refractivity contribution is 0.427. The molecule has 1 aromatic heterocycles. The molecular formula is C11H15BrN2OS. The highest BCUT2D eigenvalue weighted by Gasteiger charge is 2.17. The third-order valence-electron chi connectivity index (χ3n) is 2.69. The maximum atomic E-state index is 12.1. The summed E-state index contributed by atoms with van der Waals surface area (Å²) in [5.41, 5.74) is 0. The minimum absolute atomic E-state index is 0.385. The van der Waals surface area contributed by atoms with E-state index in [0.29, 0.717) is 16.8 Å². The average Bonchev–Trinajstić information content (AvgIpc) is 2.30. The largest absolute Gasteiger partial charge is 0.313 e. The van der Waals surface area contributed by atoms with Gasteiger partial charge in [-0.1, -0.05) is 12.5 Å². The van der Waals surface area contributed by atoms with Crippen LogP contribution in [0.5, 0.6) is 0 Å². The van der Waals surface area contributed by atoms with E-state index in [1.165, 1.54) is 12.8 Å². The Morgan fingerprint density at radius 3 is 3.06 bits per heavy atom. The zero-order chi connectivity index (χ0) is 11.4. The average molecular weight is 303 g/mol. The van der Waals surface area contributed by atoms with Crippen molar-refractivity contribution < 1.29 is 4.21 Å². The van der Waals surface area contributed by atoms with Gasteiger partial charge in [-0.3, -0.25) is 4.21 Å². The Morgan fingerprint density at radius 1 is 1.50 bits per heavy atom. The second kappa shape index (κ2) is 5.89. The van der Waals surface area contributed by atoms with Crippen LogP contribution in [0.15, 0.2) is 27.8 Å². The van der Waals surface area contributed by atoms with Gasteiger partial charge in [-0.25, -0.2) is 4.98 Å². The highest BCUT2D eigenvalue weighted by atomic mass is 79.9. The first kappa shape index (κ1) is 12.2. The number of nitrogens with zero attached hydrogens (tertiary/aromatic N) is 1. The monoisotopic (exact) mass is 302 g/mol. The molecule has 1 N–H and O–H groups in total. The van der Waals surface area contributed by atoms with Crippen molar-refractivity contribution in [1.82, 2.24) is 10.3 Å². The van der Waals surface area contributed by atoms with Crippen molar-refractivity contribution >= 4 is 26.7 Å². The van der Waals surface area contributed by atoms with Gasteiger partial charge in [0.25, 0.3) is 0 Å². The summed E-state index contributed by atoms with van der Waals surface area (Å²) in [4.78, 5) is 4.23. The Hall–Kier alpha value is -0.260. The van der Waals surface area contributed by atoms with Gasteiger partial charge in [0.15, 0.2) is 0 Å². The van der Waals surface area contributed by atoms with Gasteiger partial charge < -0.3 is 5.32 Å². The number of aromatic nitrogens is 1. The van der Waals surface area contributed by atoms with E-state index in [1.54, 1.807) is 0 Å². The quantitative estimate of drug-likeness (QED) is 0.870. The van der Waals surface area contributed by atoms with E-state index >= 15 is 0 Å². The lowest BCUT2D eigenvalue weighted by atomic mass is 10.1. The topological polar surface area (TPSA) is 42.0 Å². The van der Waals surface area contributed by atoms with Crippen molar-refractivity contribution in [2.24, 2.45) is 0 Å². The van der Waals surface area contributed by atoms with Crippen LogP contribution in [-0.4, -0.2) is 27.5 Å². The summed E-state index contributed by atoms with van der Waals surface area (Å²) in [6.07, 6.45) is 3.60. The highest BCUT2D eigenvalue weighted by Crippen LogP contribution is 2.13. The molecular weight excluding hydrogens is 288 g/mol. The minimum atomic E-state index is -0.995. The Kier molecular flexibility index (Phi) is 4.49. The SMILES string of the molecule is O=[S@@](C[C@H]1CCCCN1)c1cccc(Br)n1. The summed E-state index contributed by atoms with van der Waals surface area (Å²) in [5, 5.41) is 4.07. The molecule has 1 aromatic rings. The molecule has 88 valence electrons. The van der Waals surface area contributed by atoms with Crippen molar-refractivity contribution in [3.05, 3.63) is 22.8 Å². The molecule has 2 heterocycles. The molecule has 0 unspecified atom stereocenters. The molecule has 2 atom stereocenters. The second-order valence-corrected chi connectivity index (χ2v) is 6.21. The molecule has 0 bridgehead atoms. The fourth-order valence-corrected chi connectivity index (χ4v) is 3.56. The molecule has 1 aliphatic heterocycles. The standard InChI is InChI=1S/C11H15BrN2OS/c12-10-5-3-6-11(14-10)16(15)8-9-4-1-2-7-13-9/h3,5-6,9,13H,1-2,4,7-8H2/t9-,16+/m1/s1. The summed E-state index contributed by atoms with van der Waals surface area (Å²) in [6.45, 7) is 1.05. The molecule has 1 saturated heterocycles. The number of hydrogen-bond donors (Lipinski definition) is 1. The third-order valence-corrected chi connectivity index (χ3v) is 4.53. The van der Waals surface area contributed by atoms with Crippen LogP contribution in [0.1, 0.15) is 19.3 Å². The number of piperidine rings is 1. The predicted octanol–water partition coefficient (Wildman–Crippen LogP) is 2.09. The first-order chi connectivity index (χ1) is 7.75. The smallest absolute Gasteiger partial charge is 0.128 e. The van der Waals surface area contributed by atoms with Gasteiger partial charge >= 0.3 is 0 Å². The van der Waals surface area contributed by atoms with Crippen molar-refractivity contribution in [2.45, 2.75) is 30.3 Å². The normalized spacial score (nSPS) is 22.9. The molecule has 0 amide bonds. The van der Waals surface area contributed by atoms with Gasteiger partial charge in [0.05, 0.1) is 10.8 Å². The molecule has 0 radical (unpaired) electrons.